The number of aromatic nitrogens is 3. The largest absolute Gasteiger partial charge is 0.497 e. The van der Waals surface area contributed by atoms with Crippen molar-refractivity contribution in [2.45, 2.75) is 32.9 Å². The SMILES string of the molecule is COC(=O)[C@H](CC(C)C)Nc1nc(NCc2cccc(F)c2)nc(Oc2ccc(OC)cc2)n1. The Bertz CT molecular complexity index is 1090. The molecule has 2 aromatic carbocycles. The summed E-state index contributed by atoms with van der Waals surface area (Å²) in [5.74, 6) is 0.948. The predicted molar refractivity (Wildman–Crippen MR) is 126 cm³/mol. The number of carbonyl (C=O) groups is 1. The van der Waals surface area contributed by atoms with Crippen molar-refractivity contribution in [3.8, 4) is 17.5 Å². The number of carbonyl (C=O) groups excluding carboxylic acids is 1. The van der Waals surface area contributed by atoms with Gasteiger partial charge in [0.2, 0.25) is 11.9 Å². The van der Waals surface area contributed by atoms with Crippen molar-refractivity contribution in [1.29, 1.82) is 0 Å². The molecule has 2 N–H and O–H groups in total. The summed E-state index contributed by atoms with van der Waals surface area (Å²) in [5.41, 5.74) is 0.708. The summed E-state index contributed by atoms with van der Waals surface area (Å²) >= 11 is 0. The Morgan fingerprint density at radius 3 is 2.35 bits per heavy atom. The highest BCUT2D eigenvalue weighted by atomic mass is 19.1. The molecule has 1 heterocycles. The first kappa shape index (κ1) is 24.7. The molecule has 1 aromatic heterocycles. The lowest BCUT2D eigenvalue weighted by molar-refractivity contribution is -0.141. The fraction of sp³-hybridized carbons (Fsp3) is 0.333. The number of ether oxygens (including phenoxy) is 3. The van der Waals surface area contributed by atoms with Gasteiger partial charge in [-0.1, -0.05) is 26.0 Å². The van der Waals surface area contributed by atoms with Crippen molar-refractivity contribution in [3.05, 3.63) is 59.9 Å². The molecule has 0 aliphatic rings. The van der Waals surface area contributed by atoms with Crippen LogP contribution in [0.4, 0.5) is 16.3 Å². The van der Waals surface area contributed by atoms with E-state index in [-0.39, 0.29) is 36.2 Å². The van der Waals surface area contributed by atoms with E-state index in [1.54, 1.807) is 43.5 Å². The van der Waals surface area contributed by atoms with E-state index in [9.17, 15) is 9.18 Å². The smallest absolute Gasteiger partial charge is 0.328 e. The van der Waals surface area contributed by atoms with Crippen molar-refractivity contribution in [1.82, 2.24) is 15.0 Å². The van der Waals surface area contributed by atoms with Gasteiger partial charge >= 0.3 is 12.0 Å². The molecule has 0 fully saturated rings. The average Bonchev–Trinajstić information content (AvgIpc) is 2.82. The van der Waals surface area contributed by atoms with Gasteiger partial charge in [-0.25, -0.2) is 9.18 Å². The zero-order valence-corrected chi connectivity index (χ0v) is 19.5. The van der Waals surface area contributed by atoms with Crippen LogP contribution in [0, 0.1) is 11.7 Å². The summed E-state index contributed by atoms with van der Waals surface area (Å²) in [6.45, 7) is 4.26. The van der Waals surface area contributed by atoms with Crippen molar-refractivity contribution in [3.63, 3.8) is 0 Å². The molecule has 0 radical (unpaired) electrons. The normalized spacial score (nSPS) is 11.6. The molecule has 0 aliphatic heterocycles. The lowest BCUT2D eigenvalue weighted by Gasteiger charge is -2.19. The van der Waals surface area contributed by atoms with Crippen LogP contribution in [-0.2, 0) is 16.1 Å². The van der Waals surface area contributed by atoms with Crippen LogP contribution in [0.25, 0.3) is 0 Å². The fourth-order valence-electron chi connectivity index (χ4n) is 3.11. The average molecular weight is 470 g/mol. The molecule has 180 valence electrons. The maximum Gasteiger partial charge on any atom is 0.328 e. The van der Waals surface area contributed by atoms with Crippen molar-refractivity contribution in [2.75, 3.05) is 24.9 Å². The quantitative estimate of drug-likeness (QED) is 0.395. The maximum absolute atomic E-state index is 13.5. The minimum Gasteiger partial charge on any atom is -0.497 e. The molecular formula is C24H28FN5O4. The van der Waals surface area contributed by atoms with Crippen molar-refractivity contribution >= 4 is 17.9 Å². The Kier molecular flexibility index (Phi) is 8.55. The van der Waals surface area contributed by atoms with Gasteiger partial charge in [0, 0.05) is 6.54 Å². The first-order valence-electron chi connectivity index (χ1n) is 10.8. The summed E-state index contributed by atoms with van der Waals surface area (Å²) in [7, 11) is 2.90. The molecule has 3 aromatic rings. The maximum atomic E-state index is 13.5. The Morgan fingerprint density at radius 1 is 1.00 bits per heavy atom. The molecule has 0 saturated carbocycles. The van der Waals surface area contributed by atoms with Crippen molar-refractivity contribution < 1.29 is 23.4 Å². The summed E-state index contributed by atoms with van der Waals surface area (Å²) in [5, 5.41) is 6.06. The number of halogens is 1. The summed E-state index contributed by atoms with van der Waals surface area (Å²) in [6, 6.07) is 12.5. The number of esters is 1. The van der Waals surface area contributed by atoms with Crippen molar-refractivity contribution in [2.24, 2.45) is 5.92 Å². The Morgan fingerprint density at radius 2 is 1.71 bits per heavy atom. The highest BCUT2D eigenvalue weighted by molar-refractivity contribution is 5.78. The van der Waals surface area contributed by atoms with Crippen LogP contribution in [-0.4, -0.2) is 41.2 Å². The molecule has 0 amide bonds. The highest BCUT2D eigenvalue weighted by Crippen LogP contribution is 2.23. The second-order valence-corrected chi connectivity index (χ2v) is 7.88. The van der Waals surface area contributed by atoms with E-state index >= 15 is 0 Å². The summed E-state index contributed by atoms with van der Waals surface area (Å²) in [4.78, 5) is 25.2. The second-order valence-electron chi connectivity index (χ2n) is 7.88. The Balaban J connectivity index is 1.86. The van der Waals surface area contributed by atoms with Crippen LogP contribution >= 0.6 is 0 Å². The number of nitrogens with zero attached hydrogens (tertiary/aromatic N) is 3. The molecule has 9 nitrogen and oxygen atoms in total. The monoisotopic (exact) mass is 469 g/mol. The number of anilines is 2. The van der Waals surface area contributed by atoms with E-state index in [0.717, 1.165) is 0 Å². The highest BCUT2D eigenvalue weighted by Gasteiger charge is 2.22. The molecule has 0 spiro atoms. The molecule has 34 heavy (non-hydrogen) atoms. The zero-order valence-electron chi connectivity index (χ0n) is 19.5. The van der Waals surface area contributed by atoms with E-state index in [0.29, 0.717) is 23.5 Å². The molecule has 10 heteroatoms. The molecular weight excluding hydrogens is 441 g/mol. The van der Waals surface area contributed by atoms with Gasteiger partial charge in [-0.05, 0) is 54.3 Å². The summed E-state index contributed by atoms with van der Waals surface area (Å²) < 4.78 is 29.4. The lowest BCUT2D eigenvalue weighted by Crippen LogP contribution is -2.33. The minimum absolute atomic E-state index is 0.0116. The van der Waals surface area contributed by atoms with E-state index in [4.69, 9.17) is 14.2 Å². The van der Waals surface area contributed by atoms with Crippen LogP contribution in [0.1, 0.15) is 25.8 Å². The molecule has 0 aliphatic carbocycles. The lowest BCUT2D eigenvalue weighted by atomic mass is 10.0. The number of rotatable bonds is 11. The third-order valence-corrected chi connectivity index (χ3v) is 4.72. The van der Waals surface area contributed by atoms with Gasteiger partial charge in [-0.15, -0.1) is 0 Å². The minimum atomic E-state index is -0.655. The third-order valence-electron chi connectivity index (χ3n) is 4.72. The van der Waals surface area contributed by atoms with Crippen LogP contribution in [0.5, 0.6) is 17.5 Å². The molecule has 0 saturated heterocycles. The van der Waals surface area contributed by atoms with Crippen LogP contribution in [0.15, 0.2) is 48.5 Å². The van der Waals surface area contributed by atoms with Crippen LogP contribution < -0.4 is 20.1 Å². The first-order valence-corrected chi connectivity index (χ1v) is 10.8. The van der Waals surface area contributed by atoms with Gasteiger partial charge in [-0.3, -0.25) is 0 Å². The topological polar surface area (TPSA) is 107 Å². The van der Waals surface area contributed by atoms with Gasteiger partial charge in [0.15, 0.2) is 0 Å². The summed E-state index contributed by atoms with van der Waals surface area (Å²) in [6.07, 6.45) is 0.513. The van der Waals surface area contributed by atoms with E-state index in [1.807, 2.05) is 13.8 Å². The van der Waals surface area contributed by atoms with E-state index < -0.39 is 12.0 Å². The van der Waals surface area contributed by atoms with Gasteiger partial charge < -0.3 is 24.8 Å². The molecule has 0 unspecified atom stereocenters. The van der Waals surface area contributed by atoms with Gasteiger partial charge in [0.05, 0.1) is 14.2 Å². The van der Waals surface area contributed by atoms with Crippen LogP contribution in [0.3, 0.4) is 0 Å². The second kappa shape index (κ2) is 11.8. The van der Waals surface area contributed by atoms with Gasteiger partial charge in [0.1, 0.15) is 23.4 Å². The molecule has 1 atom stereocenters. The number of nitrogens with one attached hydrogen (secondary N) is 2. The Labute approximate surface area is 197 Å². The first-order chi connectivity index (χ1) is 16.4. The predicted octanol–water partition coefficient (Wildman–Crippen LogP) is 4.42. The third kappa shape index (κ3) is 7.29. The zero-order chi connectivity index (χ0) is 24.5. The fourth-order valence-corrected chi connectivity index (χ4v) is 3.11. The van der Waals surface area contributed by atoms with Gasteiger partial charge in [0.25, 0.3) is 0 Å². The number of hydrogen-bond acceptors (Lipinski definition) is 9. The van der Waals surface area contributed by atoms with E-state index in [2.05, 4.69) is 25.6 Å². The number of hydrogen-bond donors (Lipinski definition) is 2. The molecule has 0 bridgehead atoms. The van der Waals surface area contributed by atoms with Gasteiger partial charge in [-0.2, -0.15) is 15.0 Å². The Hall–Kier alpha value is -3.95. The number of benzene rings is 2. The standard InChI is InChI=1S/C24H28FN5O4/c1-15(2)12-20(21(31)33-4)27-23-28-22(26-14-16-6-5-7-17(25)13-16)29-24(30-23)34-19-10-8-18(32-3)9-11-19/h5-11,13,15,20H,12,14H2,1-4H3,(H2,26,27,28,29,30)/t20-/m0/s1. The molecule has 3 rings (SSSR count). The van der Waals surface area contributed by atoms with Crippen LogP contribution in [0.2, 0.25) is 0 Å². The van der Waals surface area contributed by atoms with E-state index in [1.165, 1.54) is 19.2 Å². The number of methoxy groups -OCH3 is 2.